The van der Waals surface area contributed by atoms with Crippen molar-refractivity contribution < 1.29 is 4.43 Å². The second kappa shape index (κ2) is 7.47. The third-order valence-electron chi connectivity index (χ3n) is 1.32. The summed E-state index contributed by atoms with van der Waals surface area (Å²) in [7, 11) is -1.29. The molecule has 0 fully saturated rings. The second-order valence-corrected chi connectivity index (χ2v) is 10.1. The molecule has 14 heavy (non-hydrogen) atoms. The van der Waals surface area contributed by atoms with E-state index in [2.05, 4.69) is 54.3 Å². The van der Waals surface area contributed by atoms with Crippen molar-refractivity contribution in [2.45, 2.75) is 79.1 Å². The Morgan fingerprint density at radius 1 is 0.929 bits per heavy atom. The van der Waals surface area contributed by atoms with Crippen LogP contribution in [0.4, 0.5) is 0 Å². The zero-order valence-corrected chi connectivity index (χ0v) is 12.5. The molecule has 0 atom stereocenters. The Balaban J connectivity index is 0. The molecule has 2 heteroatoms. The van der Waals surface area contributed by atoms with Gasteiger partial charge >= 0.3 is 0 Å². The maximum Gasteiger partial charge on any atom is 0.184 e. The lowest BCUT2D eigenvalue weighted by molar-refractivity contribution is 0.122. The molecule has 0 amide bonds. The molecule has 0 aliphatic heterocycles. The first kappa shape index (κ1) is 16.6. The van der Waals surface area contributed by atoms with Crippen LogP contribution in [0.15, 0.2) is 0 Å². The Kier molecular flexibility index (Phi) is 8.85. The molecule has 0 radical (unpaired) electrons. The fourth-order valence-corrected chi connectivity index (χ4v) is 3.11. The van der Waals surface area contributed by atoms with Crippen LogP contribution in [0.25, 0.3) is 0 Å². The Bertz CT molecular complexity index is 105. The van der Waals surface area contributed by atoms with Gasteiger partial charge in [0, 0.05) is 5.60 Å². The molecule has 0 aromatic carbocycles. The van der Waals surface area contributed by atoms with Crippen LogP contribution in [0.3, 0.4) is 0 Å². The number of hydrogen-bond donors (Lipinski definition) is 0. The fraction of sp³-hybridized carbons (Fsp3) is 1.00. The minimum Gasteiger partial charge on any atom is -0.413 e. The zero-order chi connectivity index (χ0) is 11.8. The molecule has 0 aliphatic carbocycles. The predicted molar refractivity (Wildman–Crippen MR) is 69.4 cm³/mol. The van der Waals surface area contributed by atoms with E-state index in [1.54, 1.807) is 0 Å². The van der Waals surface area contributed by atoms with Gasteiger partial charge in [0.2, 0.25) is 0 Å². The van der Waals surface area contributed by atoms with Crippen molar-refractivity contribution in [1.82, 2.24) is 0 Å². The van der Waals surface area contributed by atoms with E-state index in [0.29, 0.717) is 0 Å². The van der Waals surface area contributed by atoms with Gasteiger partial charge in [0.05, 0.1) is 0 Å². The Hall–Kier alpha value is 0.177. The van der Waals surface area contributed by atoms with Crippen LogP contribution in [0.1, 0.15) is 53.9 Å². The van der Waals surface area contributed by atoms with Gasteiger partial charge in [-0.15, -0.1) is 0 Å². The molecular weight excluding hydrogens is 188 g/mol. The van der Waals surface area contributed by atoms with E-state index >= 15 is 0 Å². The average molecular weight is 218 g/mol. The van der Waals surface area contributed by atoms with Gasteiger partial charge in [0.15, 0.2) is 8.32 Å². The highest BCUT2D eigenvalue weighted by atomic mass is 28.4. The first-order chi connectivity index (χ1) is 6.12. The summed E-state index contributed by atoms with van der Waals surface area (Å²) in [4.78, 5) is 0. The molecule has 0 saturated carbocycles. The standard InChI is InChI=1S/C7H18OSi.C5H12/c1-7(2,3)8-9(4,5)6;1-3-5-4-2/h1-6H3;3-5H2,1-2H3. The van der Waals surface area contributed by atoms with Gasteiger partial charge in [0.1, 0.15) is 0 Å². The van der Waals surface area contributed by atoms with E-state index in [0.717, 1.165) is 0 Å². The SMILES string of the molecule is CC(C)(C)O[Si](C)(C)C.CCCCC. The summed E-state index contributed by atoms with van der Waals surface area (Å²) >= 11 is 0. The van der Waals surface area contributed by atoms with E-state index in [-0.39, 0.29) is 5.60 Å². The van der Waals surface area contributed by atoms with Crippen molar-refractivity contribution in [3.63, 3.8) is 0 Å². The summed E-state index contributed by atoms with van der Waals surface area (Å²) in [6, 6.07) is 0. The van der Waals surface area contributed by atoms with Crippen LogP contribution in [0.2, 0.25) is 19.6 Å². The van der Waals surface area contributed by atoms with Gasteiger partial charge in [-0.1, -0.05) is 33.1 Å². The van der Waals surface area contributed by atoms with E-state index in [1.807, 2.05) is 0 Å². The summed E-state index contributed by atoms with van der Waals surface area (Å²) in [5.74, 6) is 0. The molecule has 0 N–H and O–H groups in total. The smallest absolute Gasteiger partial charge is 0.184 e. The van der Waals surface area contributed by atoms with Crippen LogP contribution in [0, 0.1) is 0 Å². The highest BCUT2D eigenvalue weighted by Gasteiger charge is 2.22. The minimum absolute atomic E-state index is 0.0461. The van der Waals surface area contributed by atoms with Gasteiger partial charge < -0.3 is 4.43 Å². The van der Waals surface area contributed by atoms with Gasteiger partial charge in [-0.05, 0) is 40.4 Å². The summed E-state index contributed by atoms with van der Waals surface area (Å²) in [5.41, 5.74) is 0.0461. The summed E-state index contributed by atoms with van der Waals surface area (Å²) < 4.78 is 5.76. The molecule has 0 aliphatic rings. The molecule has 0 rings (SSSR count). The number of rotatable bonds is 3. The Labute approximate surface area is 92.4 Å². The normalized spacial score (nSPS) is 12.0. The summed E-state index contributed by atoms with van der Waals surface area (Å²) in [6.45, 7) is 17.4. The van der Waals surface area contributed by atoms with E-state index in [4.69, 9.17) is 4.43 Å². The van der Waals surface area contributed by atoms with Crippen molar-refractivity contribution in [3.05, 3.63) is 0 Å². The molecule has 88 valence electrons. The van der Waals surface area contributed by atoms with Crippen LogP contribution in [-0.2, 0) is 4.43 Å². The van der Waals surface area contributed by atoms with E-state index in [1.165, 1.54) is 19.3 Å². The maximum absolute atomic E-state index is 5.76. The topological polar surface area (TPSA) is 9.23 Å². The van der Waals surface area contributed by atoms with Crippen molar-refractivity contribution in [3.8, 4) is 0 Å². The number of hydrogen-bond acceptors (Lipinski definition) is 1. The van der Waals surface area contributed by atoms with Crippen LogP contribution < -0.4 is 0 Å². The predicted octanol–water partition coefficient (Wildman–Crippen LogP) is 4.83. The Morgan fingerprint density at radius 2 is 1.29 bits per heavy atom. The Morgan fingerprint density at radius 3 is 1.29 bits per heavy atom. The van der Waals surface area contributed by atoms with E-state index < -0.39 is 8.32 Å². The lowest BCUT2D eigenvalue weighted by Crippen LogP contribution is -2.35. The molecule has 1 nitrogen and oxygen atoms in total. The molecule has 0 saturated heterocycles. The average Bonchev–Trinajstić information content (AvgIpc) is 1.81. The molecule has 0 aromatic rings. The third kappa shape index (κ3) is 22.8. The highest BCUT2D eigenvalue weighted by molar-refractivity contribution is 6.69. The fourth-order valence-electron chi connectivity index (χ4n) is 1.27. The quantitative estimate of drug-likeness (QED) is 0.616. The van der Waals surface area contributed by atoms with E-state index in [9.17, 15) is 0 Å². The van der Waals surface area contributed by atoms with Crippen LogP contribution in [0.5, 0.6) is 0 Å². The second-order valence-electron chi connectivity index (χ2n) is 5.68. The van der Waals surface area contributed by atoms with Crippen molar-refractivity contribution >= 4 is 8.32 Å². The lowest BCUT2D eigenvalue weighted by atomic mass is 10.2. The zero-order valence-electron chi connectivity index (χ0n) is 11.5. The van der Waals surface area contributed by atoms with Crippen LogP contribution >= 0.6 is 0 Å². The molecule has 0 aromatic heterocycles. The molecular formula is C12H30OSi. The van der Waals surface area contributed by atoms with Crippen molar-refractivity contribution in [2.24, 2.45) is 0 Å². The molecule has 0 spiro atoms. The largest absolute Gasteiger partial charge is 0.413 e. The summed E-state index contributed by atoms with van der Waals surface area (Å²) in [6.07, 6.45) is 4.08. The molecule has 0 bridgehead atoms. The van der Waals surface area contributed by atoms with Gasteiger partial charge in [-0.2, -0.15) is 0 Å². The van der Waals surface area contributed by atoms with Crippen molar-refractivity contribution in [2.75, 3.05) is 0 Å². The number of unbranched alkanes of at least 4 members (excludes halogenated alkanes) is 2. The highest BCUT2D eigenvalue weighted by Crippen LogP contribution is 2.15. The van der Waals surface area contributed by atoms with Crippen LogP contribution in [-0.4, -0.2) is 13.9 Å². The van der Waals surface area contributed by atoms with Gasteiger partial charge in [0.25, 0.3) is 0 Å². The molecule has 0 unspecified atom stereocenters. The van der Waals surface area contributed by atoms with Gasteiger partial charge in [-0.25, -0.2) is 0 Å². The van der Waals surface area contributed by atoms with Crippen molar-refractivity contribution in [1.29, 1.82) is 0 Å². The molecule has 0 heterocycles. The minimum atomic E-state index is -1.29. The monoisotopic (exact) mass is 218 g/mol. The third-order valence-corrected chi connectivity index (χ3v) is 2.54. The first-order valence-electron chi connectivity index (χ1n) is 5.82. The maximum atomic E-state index is 5.76. The first-order valence-corrected chi connectivity index (χ1v) is 9.23. The summed E-state index contributed by atoms with van der Waals surface area (Å²) in [5, 5.41) is 0. The lowest BCUT2D eigenvalue weighted by Gasteiger charge is -2.29. The van der Waals surface area contributed by atoms with Gasteiger partial charge in [-0.3, -0.25) is 0 Å².